The van der Waals surface area contributed by atoms with Crippen LogP contribution in [-0.4, -0.2) is 30.2 Å². The largest absolute Gasteiger partial charge is 0.477 e. The van der Waals surface area contributed by atoms with E-state index in [9.17, 15) is 14.0 Å². The Morgan fingerprint density at radius 1 is 0.953 bits per heavy atom. The number of nitrogens with one attached hydrogen (secondary N) is 3. The van der Waals surface area contributed by atoms with Gasteiger partial charge in [-0.15, -0.1) is 0 Å². The molecule has 2 unspecified atom stereocenters. The number of carbonyl (C=O) groups excluding carboxylic acids is 2. The molecule has 3 rings (SSSR count). The number of halogens is 3. The highest BCUT2D eigenvalue weighted by Crippen LogP contribution is 2.39. The van der Waals surface area contributed by atoms with Gasteiger partial charge in [-0.3, -0.25) is 9.59 Å². The maximum atomic E-state index is 14.1. The van der Waals surface area contributed by atoms with Gasteiger partial charge in [-0.1, -0.05) is 56.1 Å². The predicted octanol–water partition coefficient (Wildman–Crippen LogP) is 8.82. The maximum absolute atomic E-state index is 14.1. The molecule has 0 fully saturated rings. The molecule has 2 amide bonds. The highest BCUT2D eigenvalue weighted by atomic mass is 35.5. The summed E-state index contributed by atoms with van der Waals surface area (Å²) < 4.78 is 20.5. The van der Waals surface area contributed by atoms with Gasteiger partial charge >= 0.3 is 0 Å². The maximum Gasteiger partial charge on any atom is 0.263 e. The summed E-state index contributed by atoms with van der Waals surface area (Å²) in [5.41, 5.74) is 2.97. The highest BCUT2D eigenvalue weighted by molar-refractivity contribution is 6.31. The van der Waals surface area contributed by atoms with Crippen molar-refractivity contribution < 1.29 is 18.7 Å². The molecule has 3 aromatic carbocycles. The monoisotopic (exact) mass is 627 g/mol. The van der Waals surface area contributed by atoms with Gasteiger partial charge in [0.25, 0.3) is 5.91 Å². The molecule has 2 atom stereocenters. The molecular formula is C34H40Cl2FN3O3. The Bertz CT molecular complexity index is 1490. The molecule has 6 nitrogen and oxygen atoms in total. The second-order valence-electron chi connectivity index (χ2n) is 11.0. The Kier molecular flexibility index (Phi) is 11.8. The fraction of sp³-hybridized carbons (Fsp3) is 0.382. The summed E-state index contributed by atoms with van der Waals surface area (Å²) in [7, 11) is 1.57. The van der Waals surface area contributed by atoms with Crippen molar-refractivity contribution >= 4 is 46.4 Å². The van der Waals surface area contributed by atoms with E-state index in [1.165, 1.54) is 12.1 Å². The summed E-state index contributed by atoms with van der Waals surface area (Å²) >= 11 is 12.8. The number of anilines is 1. The van der Waals surface area contributed by atoms with Crippen molar-refractivity contribution in [3.05, 3.63) is 92.7 Å². The zero-order valence-electron chi connectivity index (χ0n) is 25.5. The van der Waals surface area contributed by atoms with Gasteiger partial charge in [0.1, 0.15) is 11.6 Å². The van der Waals surface area contributed by atoms with Gasteiger partial charge in [-0.2, -0.15) is 0 Å². The molecule has 0 aromatic heterocycles. The Labute approximate surface area is 263 Å². The van der Waals surface area contributed by atoms with Crippen molar-refractivity contribution in [2.24, 2.45) is 0 Å². The number of carbonyl (C=O) groups is 2. The third-order valence-electron chi connectivity index (χ3n) is 7.95. The quantitative estimate of drug-likeness (QED) is 0.165. The second kappa shape index (κ2) is 14.8. The van der Waals surface area contributed by atoms with E-state index in [1.54, 1.807) is 50.4 Å². The third kappa shape index (κ3) is 8.36. The van der Waals surface area contributed by atoms with Crippen LogP contribution in [0.15, 0.2) is 54.6 Å². The Morgan fingerprint density at radius 2 is 1.60 bits per heavy atom. The van der Waals surface area contributed by atoms with Gasteiger partial charge < -0.3 is 20.8 Å². The van der Waals surface area contributed by atoms with Crippen molar-refractivity contribution in [2.75, 3.05) is 12.4 Å². The van der Waals surface area contributed by atoms with E-state index in [-0.39, 0.29) is 36.4 Å². The molecule has 0 aliphatic rings. The third-order valence-corrected chi connectivity index (χ3v) is 8.42. The lowest BCUT2D eigenvalue weighted by Crippen LogP contribution is -2.49. The molecule has 0 heterocycles. The van der Waals surface area contributed by atoms with Crippen LogP contribution in [0.4, 0.5) is 10.1 Å². The van der Waals surface area contributed by atoms with Gasteiger partial charge in [-0.05, 0) is 97.8 Å². The first-order valence-electron chi connectivity index (χ1n) is 14.4. The van der Waals surface area contributed by atoms with Crippen LogP contribution in [0.2, 0.25) is 10.0 Å². The summed E-state index contributed by atoms with van der Waals surface area (Å²) in [4.78, 5) is 26.5. The van der Waals surface area contributed by atoms with E-state index >= 15 is 0 Å². The van der Waals surface area contributed by atoms with Gasteiger partial charge in [0, 0.05) is 46.7 Å². The molecular weight excluding hydrogens is 588 g/mol. The first-order chi connectivity index (χ1) is 20.3. The molecule has 0 saturated carbocycles. The molecule has 0 saturated heterocycles. The number of hydrogen-bond acceptors (Lipinski definition) is 4. The van der Waals surface area contributed by atoms with E-state index in [4.69, 9.17) is 33.3 Å². The van der Waals surface area contributed by atoms with Crippen LogP contribution >= 0.6 is 23.2 Å². The molecule has 230 valence electrons. The number of benzene rings is 3. The van der Waals surface area contributed by atoms with Crippen LogP contribution in [0.1, 0.15) is 87.5 Å². The summed E-state index contributed by atoms with van der Waals surface area (Å²) in [5, 5.41) is 14.9. The van der Waals surface area contributed by atoms with Gasteiger partial charge in [0.05, 0.1) is 0 Å². The standard InChI is InChI=1S/C34H40Cl2FN3O3/c1-7-34(8-2,33(42)39-6)43-31-14-11-24(35)17-29(31)23(15-21(4)38)16-32(41)40-30-18-25(36)10-13-27(30)22(5)28-19-26(37)12-9-20(28)3/h9-14,17-19,22-23,38H,7-8,15-16H2,1-6H3,(H,39,42)(H,40,41). The van der Waals surface area contributed by atoms with Gasteiger partial charge in [0.2, 0.25) is 5.91 Å². The average molecular weight is 629 g/mol. The van der Waals surface area contributed by atoms with Crippen molar-refractivity contribution in [1.82, 2.24) is 5.32 Å². The minimum Gasteiger partial charge on any atom is -0.477 e. The van der Waals surface area contributed by atoms with Gasteiger partial charge in [0.15, 0.2) is 5.60 Å². The first kappa shape index (κ1) is 34.1. The van der Waals surface area contributed by atoms with Crippen molar-refractivity contribution in [2.45, 2.75) is 77.7 Å². The van der Waals surface area contributed by atoms with Crippen LogP contribution in [0.5, 0.6) is 5.75 Å². The number of hydrogen-bond donors (Lipinski definition) is 3. The molecule has 0 bridgehead atoms. The molecule has 3 N–H and O–H groups in total. The zero-order chi connectivity index (χ0) is 31.9. The Morgan fingerprint density at radius 3 is 2.23 bits per heavy atom. The van der Waals surface area contributed by atoms with Crippen molar-refractivity contribution in [1.29, 1.82) is 5.41 Å². The van der Waals surface area contributed by atoms with E-state index < -0.39 is 11.5 Å². The number of likely N-dealkylation sites (N-methyl/N-ethyl adjacent to an activating group) is 1. The predicted molar refractivity (Wildman–Crippen MR) is 174 cm³/mol. The molecule has 3 aromatic rings. The van der Waals surface area contributed by atoms with E-state index in [2.05, 4.69) is 10.6 Å². The molecule has 0 aliphatic carbocycles. The summed E-state index contributed by atoms with van der Waals surface area (Å²) in [5.74, 6) is -1.12. The molecule has 9 heteroatoms. The minimum atomic E-state index is -1.11. The Balaban J connectivity index is 1.98. The fourth-order valence-corrected chi connectivity index (χ4v) is 5.83. The lowest BCUT2D eigenvalue weighted by atomic mass is 9.88. The molecule has 43 heavy (non-hydrogen) atoms. The fourth-order valence-electron chi connectivity index (χ4n) is 5.48. The lowest BCUT2D eigenvalue weighted by molar-refractivity contribution is -0.137. The van der Waals surface area contributed by atoms with Crippen molar-refractivity contribution in [3.8, 4) is 5.75 Å². The summed E-state index contributed by atoms with van der Waals surface area (Å²) in [6.07, 6.45) is 1.15. The zero-order valence-corrected chi connectivity index (χ0v) is 27.0. The van der Waals surface area contributed by atoms with Gasteiger partial charge in [-0.25, -0.2) is 4.39 Å². The molecule has 0 aliphatic heterocycles. The lowest BCUT2D eigenvalue weighted by Gasteiger charge is -2.32. The van der Waals surface area contributed by atoms with E-state index in [1.807, 2.05) is 33.8 Å². The normalized spacial score (nSPS) is 12.8. The number of ether oxygens (including phenoxy) is 1. The Hall–Kier alpha value is -3.42. The number of amides is 2. The van der Waals surface area contributed by atoms with Crippen LogP contribution in [0, 0.1) is 18.2 Å². The molecule has 0 radical (unpaired) electrons. The highest BCUT2D eigenvalue weighted by Gasteiger charge is 2.38. The van der Waals surface area contributed by atoms with Crippen LogP contribution in [-0.2, 0) is 9.59 Å². The smallest absolute Gasteiger partial charge is 0.263 e. The van der Waals surface area contributed by atoms with Crippen LogP contribution in [0.25, 0.3) is 0 Å². The van der Waals surface area contributed by atoms with E-state index in [0.29, 0.717) is 45.6 Å². The van der Waals surface area contributed by atoms with E-state index in [0.717, 1.165) is 16.7 Å². The summed E-state index contributed by atoms with van der Waals surface area (Å²) in [6.45, 7) is 9.33. The first-order valence-corrected chi connectivity index (χ1v) is 15.2. The topological polar surface area (TPSA) is 91.3 Å². The SMILES string of the molecule is CCC(CC)(Oc1ccc(Cl)cc1C(CC(C)=N)CC(=O)Nc1cc(Cl)ccc1C(C)c1cc(F)ccc1C)C(=O)NC. The summed E-state index contributed by atoms with van der Waals surface area (Å²) in [6, 6.07) is 15.1. The van der Waals surface area contributed by atoms with Crippen LogP contribution < -0.4 is 15.4 Å². The molecule has 0 spiro atoms. The van der Waals surface area contributed by atoms with Crippen LogP contribution in [0.3, 0.4) is 0 Å². The average Bonchev–Trinajstić information content (AvgIpc) is 2.96. The second-order valence-corrected chi connectivity index (χ2v) is 11.8. The van der Waals surface area contributed by atoms with Crippen molar-refractivity contribution in [3.63, 3.8) is 0 Å². The minimum absolute atomic E-state index is 0.0114. The number of rotatable bonds is 13. The number of aryl methyl sites for hydroxylation is 1.